The Kier molecular flexibility index (Phi) is 4.44. The third-order valence-electron chi connectivity index (χ3n) is 5.07. The van der Waals surface area contributed by atoms with Gasteiger partial charge in [0.05, 0.1) is 5.69 Å². The molecule has 26 heavy (non-hydrogen) atoms. The van der Waals surface area contributed by atoms with Crippen LogP contribution in [0.15, 0.2) is 4.63 Å². The largest absolute Gasteiger partial charge is 0.356 e. The van der Waals surface area contributed by atoms with Crippen LogP contribution in [-0.4, -0.2) is 57.2 Å². The molecule has 9 heteroatoms. The van der Waals surface area contributed by atoms with Gasteiger partial charge in [-0.15, -0.1) is 0 Å². The molecule has 0 aliphatic carbocycles. The van der Waals surface area contributed by atoms with Crippen LogP contribution in [0.3, 0.4) is 0 Å². The fraction of sp³-hybridized carbons (Fsp3) is 0.588. The topological polar surface area (TPSA) is 99.9 Å². The number of hydrogen-bond donors (Lipinski definition) is 1. The van der Waals surface area contributed by atoms with Crippen molar-refractivity contribution in [3.8, 4) is 0 Å². The zero-order chi connectivity index (χ0) is 18.1. The van der Waals surface area contributed by atoms with Crippen LogP contribution in [0.1, 0.15) is 36.2 Å². The minimum absolute atomic E-state index is 0.447. The van der Waals surface area contributed by atoms with Crippen LogP contribution in [0, 0.1) is 13.8 Å². The van der Waals surface area contributed by atoms with Crippen molar-refractivity contribution in [3.05, 3.63) is 17.0 Å². The standard InChI is InChI=1S/C17H24N8O/c1-11-13(12(2)21-20-11)7-10-24(3)16-17(25-8-5-4-6-9-25)19-15-14(18-16)22-26-23-15/h4-10H2,1-3H3,(H,20,21). The number of nitrogens with one attached hydrogen (secondary N) is 1. The summed E-state index contributed by atoms with van der Waals surface area (Å²) in [6.45, 7) is 6.89. The Labute approximate surface area is 151 Å². The summed E-state index contributed by atoms with van der Waals surface area (Å²) in [5, 5.41) is 15.1. The lowest BCUT2D eigenvalue weighted by molar-refractivity contribution is 0.314. The van der Waals surface area contributed by atoms with Gasteiger partial charge >= 0.3 is 0 Å². The number of likely N-dealkylation sites (N-methyl/N-ethyl adjacent to an activating group) is 1. The van der Waals surface area contributed by atoms with Crippen LogP contribution >= 0.6 is 0 Å². The SMILES string of the molecule is Cc1n[nH]c(C)c1CCN(C)c1nc2nonc2nc1N1CCCCC1. The van der Waals surface area contributed by atoms with Crippen LogP contribution in [0.5, 0.6) is 0 Å². The first-order valence-electron chi connectivity index (χ1n) is 9.10. The van der Waals surface area contributed by atoms with Crippen molar-refractivity contribution in [1.29, 1.82) is 0 Å². The summed E-state index contributed by atoms with van der Waals surface area (Å²) < 4.78 is 4.82. The molecular weight excluding hydrogens is 332 g/mol. The van der Waals surface area contributed by atoms with Gasteiger partial charge in [-0.2, -0.15) is 5.10 Å². The summed E-state index contributed by atoms with van der Waals surface area (Å²) >= 11 is 0. The lowest BCUT2D eigenvalue weighted by atomic mass is 10.1. The van der Waals surface area contributed by atoms with Crippen molar-refractivity contribution < 1.29 is 4.63 Å². The maximum absolute atomic E-state index is 4.82. The summed E-state index contributed by atoms with van der Waals surface area (Å²) in [4.78, 5) is 13.8. The Balaban J connectivity index is 1.62. The number of aromatic amines is 1. The van der Waals surface area contributed by atoms with E-state index < -0.39 is 0 Å². The van der Waals surface area contributed by atoms with Crippen LogP contribution in [0.2, 0.25) is 0 Å². The third-order valence-corrected chi connectivity index (χ3v) is 5.07. The van der Waals surface area contributed by atoms with Gasteiger partial charge in [0, 0.05) is 32.4 Å². The fourth-order valence-electron chi connectivity index (χ4n) is 3.52. The molecule has 0 unspecified atom stereocenters. The van der Waals surface area contributed by atoms with Gasteiger partial charge in [-0.3, -0.25) is 5.10 Å². The molecule has 1 fully saturated rings. The molecule has 0 radical (unpaired) electrons. The lowest BCUT2D eigenvalue weighted by Crippen LogP contribution is -2.33. The predicted molar refractivity (Wildman–Crippen MR) is 98.5 cm³/mol. The molecule has 0 spiro atoms. The van der Waals surface area contributed by atoms with Crippen LogP contribution in [0.4, 0.5) is 11.6 Å². The number of H-pyrrole nitrogens is 1. The molecule has 9 nitrogen and oxygen atoms in total. The second kappa shape index (κ2) is 6.89. The van der Waals surface area contributed by atoms with Crippen molar-refractivity contribution in [2.24, 2.45) is 0 Å². The maximum Gasteiger partial charge on any atom is 0.245 e. The summed E-state index contributed by atoms with van der Waals surface area (Å²) in [6, 6.07) is 0. The van der Waals surface area contributed by atoms with Gasteiger partial charge < -0.3 is 9.80 Å². The van der Waals surface area contributed by atoms with Crippen LogP contribution in [-0.2, 0) is 6.42 Å². The zero-order valence-electron chi connectivity index (χ0n) is 15.5. The summed E-state index contributed by atoms with van der Waals surface area (Å²) in [7, 11) is 2.04. The van der Waals surface area contributed by atoms with E-state index in [-0.39, 0.29) is 0 Å². The number of hydrogen-bond acceptors (Lipinski definition) is 8. The van der Waals surface area contributed by atoms with Gasteiger partial charge in [0.2, 0.25) is 11.3 Å². The highest BCUT2D eigenvalue weighted by atomic mass is 16.6. The van der Waals surface area contributed by atoms with Crippen LogP contribution < -0.4 is 9.80 Å². The van der Waals surface area contributed by atoms with Crippen molar-refractivity contribution >= 4 is 22.9 Å². The summed E-state index contributed by atoms with van der Waals surface area (Å²) in [5.41, 5.74) is 4.34. The van der Waals surface area contributed by atoms with Gasteiger partial charge in [0.1, 0.15) is 0 Å². The summed E-state index contributed by atoms with van der Waals surface area (Å²) in [6.07, 6.45) is 4.50. The Morgan fingerprint density at radius 2 is 1.81 bits per heavy atom. The molecule has 4 rings (SSSR count). The molecule has 3 aromatic heterocycles. The first-order chi connectivity index (χ1) is 12.6. The average Bonchev–Trinajstić information content (AvgIpc) is 3.25. The normalized spacial score (nSPS) is 15.0. The first-order valence-corrected chi connectivity index (χ1v) is 9.10. The quantitative estimate of drug-likeness (QED) is 0.741. The zero-order valence-corrected chi connectivity index (χ0v) is 15.5. The molecule has 138 valence electrons. The number of fused-ring (bicyclic) bond motifs is 1. The van der Waals surface area contributed by atoms with E-state index in [4.69, 9.17) is 9.61 Å². The van der Waals surface area contributed by atoms with E-state index in [1.165, 1.54) is 24.8 Å². The van der Waals surface area contributed by atoms with Gasteiger partial charge in [-0.1, -0.05) is 0 Å². The predicted octanol–water partition coefficient (Wildman–Crippen LogP) is 2.02. The third kappa shape index (κ3) is 3.09. The molecule has 0 atom stereocenters. The van der Waals surface area contributed by atoms with Crippen molar-refractivity contribution in [3.63, 3.8) is 0 Å². The highest BCUT2D eigenvalue weighted by Gasteiger charge is 2.22. The molecule has 0 amide bonds. The van der Waals surface area contributed by atoms with E-state index in [2.05, 4.69) is 42.2 Å². The Bertz CT molecular complexity index is 876. The number of aromatic nitrogens is 6. The van der Waals surface area contributed by atoms with E-state index >= 15 is 0 Å². The number of anilines is 2. The van der Waals surface area contributed by atoms with Gasteiger partial charge in [0.25, 0.3) is 0 Å². The van der Waals surface area contributed by atoms with Crippen LogP contribution in [0.25, 0.3) is 11.3 Å². The molecule has 1 aliphatic heterocycles. The Morgan fingerprint density at radius 3 is 2.50 bits per heavy atom. The smallest absolute Gasteiger partial charge is 0.245 e. The second-order valence-electron chi connectivity index (χ2n) is 6.91. The Hall–Kier alpha value is -2.71. The van der Waals surface area contributed by atoms with Crippen molar-refractivity contribution in [2.75, 3.05) is 36.5 Å². The van der Waals surface area contributed by atoms with E-state index in [0.717, 1.165) is 49.1 Å². The van der Waals surface area contributed by atoms with Gasteiger partial charge in [0.15, 0.2) is 11.6 Å². The molecule has 0 saturated carbocycles. The average molecular weight is 356 g/mol. The lowest BCUT2D eigenvalue weighted by Gasteiger charge is -2.31. The minimum Gasteiger partial charge on any atom is -0.356 e. The minimum atomic E-state index is 0.447. The summed E-state index contributed by atoms with van der Waals surface area (Å²) in [5.74, 6) is 1.70. The molecular formula is C17H24N8O. The fourth-order valence-corrected chi connectivity index (χ4v) is 3.52. The molecule has 4 heterocycles. The van der Waals surface area contributed by atoms with E-state index in [1.807, 2.05) is 14.0 Å². The molecule has 3 aromatic rings. The molecule has 0 bridgehead atoms. The first kappa shape index (κ1) is 16.7. The van der Waals surface area contributed by atoms with E-state index in [0.29, 0.717) is 11.3 Å². The highest BCUT2D eigenvalue weighted by Crippen LogP contribution is 2.29. The molecule has 1 N–H and O–H groups in total. The second-order valence-corrected chi connectivity index (χ2v) is 6.91. The molecule has 0 aromatic carbocycles. The number of piperidine rings is 1. The van der Waals surface area contributed by atoms with Gasteiger partial charge in [-0.05, 0) is 55.4 Å². The molecule has 1 aliphatic rings. The highest BCUT2D eigenvalue weighted by molar-refractivity contribution is 5.74. The van der Waals surface area contributed by atoms with Gasteiger partial charge in [-0.25, -0.2) is 14.6 Å². The number of nitrogens with zero attached hydrogens (tertiary/aromatic N) is 7. The van der Waals surface area contributed by atoms with E-state index in [1.54, 1.807) is 0 Å². The van der Waals surface area contributed by atoms with Crippen molar-refractivity contribution in [1.82, 2.24) is 30.5 Å². The number of aryl methyl sites for hydroxylation is 2. The monoisotopic (exact) mass is 356 g/mol. The Morgan fingerprint density at radius 1 is 1.08 bits per heavy atom. The van der Waals surface area contributed by atoms with E-state index in [9.17, 15) is 0 Å². The number of rotatable bonds is 5. The van der Waals surface area contributed by atoms with Crippen molar-refractivity contribution in [2.45, 2.75) is 39.5 Å². The molecule has 1 saturated heterocycles. The maximum atomic E-state index is 4.82.